The summed E-state index contributed by atoms with van der Waals surface area (Å²) < 4.78 is 16.9. The summed E-state index contributed by atoms with van der Waals surface area (Å²) in [5, 5.41) is 2.27. The molecule has 0 unspecified atom stereocenters. The van der Waals surface area contributed by atoms with Gasteiger partial charge >= 0.3 is 0 Å². The van der Waals surface area contributed by atoms with E-state index < -0.39 is 0 Å². The van der Waals surface area contributed by atoms with Gasteiger partial charge in [0.2, 0.25) is 0 Å². The van der Waals surface area contributed by atoms with Gasteiger partial charge in [0.1, 0.15) is 11.3 Å². The van der Waals surface area contributed by atoms with Crippen LogP contribution in [0.3, 0.4) is 0 Å². The van der Waals surface area contributed by atoms with Crippen molar-refractivity contribution in [1.82, 2.24) is 0 Å². The Morgan fingerprint density at radius 3 is 2.41 bits per heavy atom. The highest BCUT2D eigenvalue weighted by molar-refractivity contribution is 6.31. The van der Waals surface area contributed by atoms with E-state index in [1.54, 1.807) is 14.2 Å². The molecule has 0 amide bonds. The lowest BCUT2D eigenvalue weighted by atomic mass is 10.1. The van der Waals surface area contributed by atoms with Gasteiger partial charge in [0, 0.05) is 22.0 Å². The highest BCUT2D eigenvalue weighted by Crippen LogP contribution is 2.33. The number of fused-ring (bicyclic) bond motifs is 1. The molecule has 29 heavy (non-hydrogen) atoms. The topological polar surface area (TPSA) is 44.0 Å². The molecule has 0 atom stereocenters. The molecule has 146 valence electrons. The lowest BCUT2D eigenvalue weighted by Gasteiger charge is -2.10. The quantitative estimate of drug-likeness (QED) is 0.399. The first-order chi connectivity index (χ1) is 14.1. The minimum Gasteiger partial charge on any atom is -0.493 e. The standard InChI is InChI=1S/C24H20ClNO3/c1-15-6-4-5-7-19(15)26-20-14-23(29-21-11-9-17(25)13-18(20)21)16-8-10-22(27-2)24(12-16)28-3/h4-14H,1-3H3. The highest BCUT2D eigenvalue weighted by Gasteiger charge is 2.11. The summed E-state index contributed by atoms with van der Waals surface area (Å²) >= 11 is 6.24. The zero-order valence-electron chi connectivity index (χ0n) is 16.4. The number of aryl methyl sites for hydroxylation is 1. The van der Waals surface area contributed by atoms with Crippen LogP contribution in [0.15, 0.2) is 76.1 Å². The molecule has 4 rings (SSSR count). The summed E-state index contributed by atoms with van der Waals surface area (Å²) in [4.78, 5) is 4.90. The normalized spacial score (nSPS) is 11.7. The summed E-state index contributed by atoms with van der Waals surface area (Å²) in [5.74, 6) is 1.97. The molecule has 0 aliphatic rings. The zero-order valence-corrected chi connectivity index (χ0v) is 17.2. The van der Waals surface area contributed by atoms with Gasteiger partial charge in [-0.05, 0) is 55.0 Å². The van der Waals surface area contributed by atoms with Crippen molar-refractivity contribution < 1.29 is 13.9 Å². The van der Waals surface area contributed by atoms with Crippen molar-refractivity contribution in [3.63, 3.8) is 0 Å². The van der Waals surface area contributed by atoms with Crippen LogP contribution in [0.1, 0.15) is 5.56 Å². The molecule has 3 aromatic carbocycles. The number of hydrogen-bond donors (Lipinski definition) is 0. The maximum absolute atomic E-state index is 6.24. The fourth-order valence-electron chi connectivity index (χ4n) is 3.18. The van der Waals surface area contributed by atoms with Crippen LogP contribution in [0.5, 0.6) is 11.5 Å². The average molecular weight is 406 g/mol. The molecule has 4 aromatic rings. The molecule has 1 heterocycles. The monoisotopic (exact) mass is 405 g/mol. The second kappa shape index (κ2) is 8.02. The summed E-state index contributed by atoms with van der Waals surface area (Å²) in [7, 11) is 3.22. The minimum absolute atomic E-state index is 0.632. The molecule has 4 nitrogen and oxygen atoms in total. The molecule has 0 spiro atoms. The van der Waals surface area contributed by atoms with E-state index in [1.807, 2.05) is 73.7 Å². The number of ether oxygens (including phenoxy) is 2. The number of para-hydroxylation sites is 1. The number of nitrogens with zero attached hydrogens (tertiary/aromatic N) is 1. The average Bonchev–Trinajstić information content (AvgIpc) is 2.75. The smallest absolute Gasteiger partial charge is 0.161 e. The van der Waals surface area contributed by atoms with E-state index in [9.17, 15) is 0 Å². The molecular formula is C24H20ClNO3. The number of rotatable bonds is 4. The van der Waals surface area contributed by atoms with E-state index in [-0.39, 0.29) is 0 Å². The number of hydrogen-bond acceptors (Lipinski definition) is 4. The number of halogens is 1. The largest absolute Gasteiger partial charge is 0.493 e. The molecule has 0 N–H and O–H groups in total. The molecule has 0 fully saturated rings. The van der Waals surface area contributed by atoms with E-state index in [0.29, 0.717) is 27.9 Å². The van der Waals surface area contributed by atoms with Gasteiger partial charge in [-0.2, -0.15) is 0 Å². The maximum Gasteiger partial charge on any atom is 0.161 e. The molecular weight excluding hydrogens is 386 g/mol. The Balaban J connectivity index is 1.98. The number of methoxy groups -OCH3 is 2. The predicted molar refractivity (Wildman–Crippen MR) is 116 cm³/mol. The first-order valence-corrected chi connectivity index (χ1v) is 9.53. The summed E-state index contributed by atoms with van der Waals surface area (Å²) in [6.07, 6.45) is 0. The fraction of sp³-hybridized carbons (Fsp3) is 0.125. The van der Waals surface area contributed by atoms with E-state index in [4.69, 9.17) is 30.5 Å². The fourth-order valence-corrected chi connectivity index (χ4v) is 3.36. The Kier molecular flexibility index (Phi) is 5.28. The van der Waals surface area contributed by atoms with Crippen LogP contribution in [0, 0.1) is 6.92 Å². The molecule has 0 saturated carbocycles. The van der Waals surface area contributed by atoms with Crippen LogP contribution in [0.2, 0.25) is 5.02 Å². The summed E-state index contributed by atoms with van der Waals surface area (Å²) in [5.41, 5.74) is 3.56. The Morgan fingerprint density at radius 2 is 1.66 bits per heavy atom. The first kappa shape index (κ1) is 19.1. The Morgan fingerprint density at radius 1 is 0.862 bits per heavy atom. The van der Waals surface area contributed by atoms with Crippen molar-refractivity contribution in [3.05, 3.63) is 82.7 Å². The van der Waals surface area contributed by atoms with Gasteiger partial charge in [0.05, 0.1) is 25.3 Å². The second-order valence-electron chi connectivity index (χ2n) is 6.60. The van der Waals surface area contributed by atoms with Crippen LogP contribution in [-0.2, 0) is 0 Å². The van der Waals surface area contributed by atoms with Gasteiger partial charge in [0.25, 0.3) is 0 Å². The molecule has 1 aromatic heterocycles. The van der Waals surface area contributed by atoms with Crippen molar-refractivity contribution >= 4 is 28.3 Å². The van der Waals surface area contributed by atoms with Crippen molar-refractivity contribution in [1.29, 1.82) is 0 Å². The van der Waals surface area contributed by atoms with Crippen LogP contribution in [0.25, 0.3) is 22.3 Å². The second-order valence-corrected chi connectivity index (χ2v) is 7.04. The first-order valence-electron chi connectivity index (χ1n) is 9.15. The lowest BCUT2D eigenvalue weighted by molar-refractivity contribution is 0.355. The third kappa shape index (κ3) is 3.84. The van der Waals surface area contributed by atoms with Gasteiger partial charge < -0.3 is 13.9 Å². The molecule has 0 saturated heterocycles. The van der Waals surface area contributed by atoms with Crippen LogP contribution >= 0.6 is 11.6 Å². The Hall–Kier alpha value is -3.24. The lowest BCUT2D eigenvalue weighted by Crippen LogP contribution is -2.03. The van der Waals surface area contributed by atoms with Crippen LogP contribution in [-0.4, -0.2) is 14.2 Å². The molecule has 0 radical (unpaired) electrons. The van der Waals surface area contributed by atoms with E-state index in [2.05, 4.69) is 0 Å². The van der Waals surface area contributed by atoms with Crippen molar-refractivity contribution in [2.24, 2.45) is 4.99 Å². The highest BCUT2D eigenvalue weighted by atomic mass is 35.5. The molecule has 0 aliphatic heterocycles. The van der Waals surface area contributed by atoms with Gasteiger partial charge in [-0.3, -0.25) is 0 Å². The van der Waals surface area contributed by atoms with E-state index in [1.165, 1.54) is 0 Å². The van der Waals surface area contributed by atoms with Crippen molar-refractivity contribution in [2.45, 2.75) is 6.92 Å². The van der Waals surface area contributed by atoms with Gasteiger partial charge in [-0.15, -0.1) is 0 Å². The molecule has 0 bridgehead atoms. The summed E-state index contributed by atoms with van der Waals surface area (Å²) in [6, 6.07) is 21.1. The maximum atomic E-state index is 6.24. The Bertz CT molecular complexity index is 1260. The van der Waals surface area contributed by atoms with Gasteiger partial charge in [-0.1, -0.05) is 29.8 Å². The van der Waals surface area contributed by atoms with Crippen molar-refractivity contribution in [2.75, 3.05) is 14.2 Å². The Labute approximate surface area is 174 Å². The minimum atomic E-state index is 0.632. The van der Waals surface area contributed by atoms with Crippen LogP contribution < -0.4 is 14.8 Å². The van der Waals surface area contributed by atoms with E-state index in [0.717, 1.165) is 27.6 Å². The van der Waals surface area contributed by atoms with Gasteiger partial charge in [-0.25, -0.2) is 4.99 Å². The van der Waals surface area contributed by atoms with E-state index >= 15 is 0 Å². The molecule has 0 aliphatic carbocycles. The zero-order chi connectivity index (χ0) is 20.4. The van der Waals surface area contributed by atoms with Crippen LogP contribution in [0.4, 0.5) is 5.69 Å². The predicted octanol–water partition coefficient (Wildman–Crippen LogP) is 6.31. The third-order valence-corrected chi connectivity index (χ3v) is 4.96. The van der Waals surface area contributed by atoms with Gasteiger partial charge in [0.15, 0.2) is 11.5 Å². The third-order valence-electron chi connectivity index (χ3n) is 4.73. The summed E-state index contributed by atoms with van der Waals surface area (Å²) in [6.45, 7) is 2.04. The SMILES string of the molecule is COc1ccc(-c2cc(=Nc3ccccc3C)c3cc(Cl)ccc3o2)cc1OC. The van der Waals surface area contributed by atoms with Crippen molar-refractivity contribution in [3.8, 4) is 22.8 Å². The molecule has 5 heteroatoms. The number of benzene rings is 3.